The van der Waals surface area contributed by atoms with E-state index >= 15 is 0 Å². The summed E-state index contributed by atoms with van der Waals surface area (Å²) in [6.07, 6.45) is 2.19. The molecule has 0 amide bonds. The summed E-state index contributed by atoms with van der Waals surface area (Å²) in [6, 6.07) is 4.48. The number of hydrogen-bond donors (Lipinski definition) is 1. The Labute approximate surface area is 121 Å². The summed E-state index contributed by atoms with van der Waals surface area (Å²) >= 11 is 7.10. The van der Waals surface area contributed by atoms with Crippen LogP contribution < -0.4 is 0 Å². The third kappa shape index (κ3) is 2.52. The highest BCUT2D eigenvalue weighted by Crippen LogP contribution is 2.32. The van der Waals surface area contributed by atoms with Gasteiger partial charge >= 0.3 is 0 Å². The molecule has 1 N–H and O–H groups in total. The SMILES string of the molecule is CC(C1CCOCC1)n1c(-c2cccs2)n[nH]c1=S. The third-order valence-electron chi connectivity index (χ3n) is 3.80. The Morgan fingerprint density at radius 3 is 3.00 bits per heavy atom. The molecule has 1 fully saturated rings. The van der Waals surface area contributed by atoms with E-state index < -0.39 is 0 Å². The van der Waals surface area contributed by atoms with Gasteiger partial charge in [0, 0.05) is 19.3 Å². The molecule has 2 aromatic rings. The minimum absolute atomic E-state index is 0.354. The lowest BCUT2D eigenvalue weighted by molar-refractivity contribution is 0.0513. The molecule has 6 heteroatoms. The van der Waals surface area contributed by atoms with Crippen LogP contribution in [0.25, 0.3) is 10.7 Å². The van der Waals surface area contributed by atoms with Gasteiger partial charge in [0.15, 0.2) is 10.6 Å². The molecule has 19 heavy (non-hydrogen) atoms. The van der Waals surface area contributed by atoms with Crippen LogP contribution in [0.2, 0.25) is 0 Å². The van der Waals surface area contributed by atoms with Gasteiger partial charge in [-0.2, -0.15) is 5.10 Å². The van der Waals surface area contributed by atoms with Gasteiger partial charge in [-0.15, -0.1) is 11.3 Å². The highest BCUT2D eigenvalue weighted by Gasteiger charge is 2.25. The second-order valence-corrected chi connectivity index (χ2v) is 6.22. The number of nitrogens with one attached hydrogen (secondary N) is 1. The van der Waals surface area contributed by atoms with Gasteiger partial charge in [-0.1, -0.05) is 6.07 Å². The molecule has 1 aliphatic rings. The maximum atomic E-state index is 5.44. The van der Waals surface area contributed by atoms with Gasteiger partial charge in [0.25, 0.3) is 0 Å². The summed E-state index contributed by atoms with van der Waals surface area (Å²) in [5.41, 5.74) is 0. The predicted molar refractivity (Wildman–Crippen MR) is 79.0 cm³/mol. The fourth-order valence-electron chi connectivity index (χ4n) is 2.67. The maximum Gasteiger partial charge on any atom is 0.195 e. The van der Waals surface area contributed by atoms with Crippen molar-refractivity contribution in [2.45, 2.75) is 25.8 Å². The third-order valence-corrected chi connectivity index (χ3v) is 4.96. The van der Waals surface area contributed by atoms with Crippen molar-refractivity contribution in [3.8, 4) is 10.7 Å². The van der Waals surface area contributed by atoms with E-state index in [-0.39, 0.29) is 0 Å². The molecule has 1 unspecified atom stereocenters. The molecular formula is C13H17N3OS2. The molecule has 3 rings (SSSR count). The number of aromatic nitrogens is 3. The molecule has 0 bridgehead atoms. The predicted octanol–water partition coefficient (Wildman–Crippen LogP) is 3.66. The molecule has 2 aromatic heterocycles. The fourth-order valence-corrected chi connectivity index (χ4v) is 3.68. The smallest absolute Gasteiger partial charge is 0.195 e. The molecule has 0 spiro atoms. The van der Waals surface area contributed by atoms with Crippen molar-refractivity contribution < 1.29 is 4.74 Å². The Morgan fingerprint density at radius 1 is 1.53 bits per heavy atom. The van der Waals surface area contributed by atoms with E-state index in [1.54, 1.807) is 11.3 Å². The monoisotopic (exact) mass is 295 g/mol. The summed E-state index contributed by atoms with van der Waals surface area (Å²) in [5.74, 6) is 1.57. The van der Waals surface area contributed by atoms with E-state index in [1.807, 2.05) is 6.07 Å². The lowest BCUT2D eigenvalue weighted by Crippen LogP contribution is -2.24. The maximum absolute atomic E-state index is 5.44. The number of ether oxygens (including phenoxy) is 1. The van der Waals surface area contributed by atoms with Crippen molar-refractivity contribution in [3.63, 3.8) is 0 Å². The van der Waals surface area contributed by atoms with E-state index in [1.165, 1.54) is 0 Å². The van der Waals surface area contributed by atoms with Crippen molar-refractivity contribution in [1.29, 1.82) is 0 Å². The number of H-pyrrole nitrogens is 1. The average molecular weight is 295 g/mol. The van der Waals surface area contributed by atoms with Crippen LogP contribution in [0.15, 0.2) is 17.5 Å². The van der Waals surface area contributed by atoms with Gasteiger partial charge in [0.1, 0.15) is 0 Å². The van der Waals surface area contributed by atoms with Crippen LogP contribution in [0.3, 0.4) is 0 Å². The number of aromatic amines is 1. The minimum Gasteiger partial charge on any atom is -0.381 e. The Kier molecular flexibility index (Phi) is 3.81. The van der Waals surface area contributed by atoms with Crippen LogP contribution in [0.1, 0.15) is 25.8 Å². The zero-order valence-electron chi connectivity index (χ0n) is 10.8. The Bertz CT molecular complexity index is 581. The molecule has 0 saturated carbocycles. The highest BCUT2D eigenvalue weighted by atomic mass is 32.1. The highest BCUT2D eigenvalue weighted by molar-refractivity contribution is 7.71. The quantitative estimate of drug-likeness (QED) is 0.879. The van der Waals surface area contributed by atoms with Crippen LogP contribution in [-0.4, -0.2) is 28.0 Å². The van der Waals surface area contributed by atoms with Crippen LogP contribution in [0.4, 0.5) is 0 Å². The Hall–Kier alpha value is -0.980. The van der Waals surface area contributed by atoms with Gasteiger partial charge in [0.05, 0.1) is 4.88 Å². The standard InChI is InChI=1S/C13H17N3OS2/c1-9(10-4-6-17-7-5-10)16-12(14-15-13(16)18)11-3-2-8-19-11/h2-3,8-10H,4-7H2,1H3,(H,15,18). The molecule has 0 radical (unpaired) electrons. The van der Waals surface area contributed by atoms with E-state index in [2.05, 4.69) is 33.1 Å². The van der Waals surface area contributed by atoms with E-state index in [4.69, 9.17) is 17.0 Å². The van der Waals surface area contributed by atoms with Gasteiger partial charge in [-0.05, 0) is 49.3 Å². The van der Waals surface area contributed by atoms with Crippen molar-refractivity contribution in [1.82, 2.24) is 14.8 Å². The first kappa shape index (κ1) is 13.0. The first-order valence-corrected chi connectivity index (χ1v) is 7.84. The van der Waals surface area contributed by atoms with E-state index in [0.29, 0.717) is 16.7 Å². The molecule has 3 heterocycles. The summed E-state index contributed by atoms with van der Waals surface area (Å²) in [5, 5.41) is 9.40. The lowest BCUT2D eigenvalue weighted by atomic mass is 9.93. The zero-order chi connectivity index (χ0) is 13.2. The minimum atomic E-state index is 0.354. The largest absolute Gasteiger partial charge is 0.381 e. The molecule has 102 valence electrons. The Morgan fingerprint density at radius 2 is 2.32 bits per heavy atom. The molecule has 1 aliphatic heterocycles. The number of thiophene rings is 1. The molecule has 0 aliphatic carbocycles. The summed E-state index contributed by atoms with van der Waals surface area (Å²) in [4.78, 5) is 1.16. The van der Waals surface area contributed by atoms with Crippen molar-refractivity contribution in [3.05, 3.63) is 22.3 Å². The summed E-state index contributed by atoms with van der Waals surface area (Å²) < 4.78 is 8.32. The number of nitrogens with zero attached hydrogens (tertiary/aromatic N) is 2. The Balaban J connectivity index is 1.95. The van der Waals surface area contributed by atoms with Crippen molar-refractivity contribution in [2.24, 2.45) is 5.92 Å². The first-order chi connectivity index (χ1) is 9.27. The molecule has 1 atom stereocenters. The van der Waals surface area contributed by atoms with Crippen molar-refractivity contribution >= 4 is 23.6 Å². The zero-order valence-corrected chi connectivity index (χ0v) is 12.5. The van der Waals surface area contributed by atoms with Gasteiger partial charge in [-0.3, -0.25) is 9.67 Å². The average Bonchev–Trinajstić information content (AvgIpc) is 3.08. The van der Waals surface area contributed by atoms with Gasteiger partial charge < -0.3 is 4.74 Å². The first-order valence-electron chi connectivity index (χ1n) is 6.56. The molecule has 4 nitrogen and oxygen atoms in total. The second kappa shape index (κ2) is 5.56. The van der Waals surface area contributed by atoms with E-state index in [0.717, 1.165) is 36.8 Å². The lowest BCUT2D eigenvalue weighted by Gasteiger charge is -2.29. The van der Waals surface area contributed by atoms with Crippen LogP contribution >= 0.6 is 23.6 Å². The fraction of sp³-hybridized carbons (Fsp3) is 0.538. The van der Waals surface area contributed by atoms with Crippen LogP contribution in [-0.2, 0) is 4.74 Å². The number of rotatable bonds is 3. The summed E-state index contributed by atoms with van der Waals surface area (Å²) in [6.45, 7) is 3.95. The normalized spacial score (nSPS) is 18.6. The van der Waals surface area contributed by atoms with Crippen LogP contribution in [0.5, 0.6) is 0 Å². The number of hydrogen-bond acceptors (Lipinski definition) is 4. The van der Waals surface area contributed by atoms with Gasteiger partial charge in [0.2, 0.25) is 0 Å². The topological polar surface area (TPSA) is 42.8 Å². The van der Waals surface area contributed by atoms with E-state index in [9.17, 15) is 0 Å². The molecular weight excluding hydrogens is 278 g/mol. The second-order valence-electron chi connectivity index (χ2n) is 4.89. The summed E-state index contributed by atoms with van der Waals surface area (Å²) in [7, 11) is 0. The van der Waals surface area contributed by atoms with Gasteiger partial charge in [-0.25, -0.2) is 0 Å². The molecule has 0 aromatic carbocycles. The van der Waals surface area contributed by atoms with Crippen molar-refractivity contribution in [2.75, 3.05) is 13.2 Å². The van der Waals surface area contributed by atoms with Crippen LogP contribution in [0, 0.1) is 10.7 Å². The molecule has 1 saturated heterocycles.